The number of nitrogens with one attached hydrogen (secondary N) is 3. The smallest absolute Gasteiger partial charge is 0.255 e. The number of amides is 2. The Hall–Kier alpha value is -4.29. The predicted molar refractivity (Wildman–Crippen MR) is 143 cm³/mol. The molecule has 4 aromatic carbocycles. The van der Waals surface area contributed by atoms with E-state index in [1.165, 1.54) is 6.08 Å². The third-order valence-corrected chi connectivity index (χ3v) is 5.34. The largest absolute Gasteiger partial charge is 0.332 e. The number of benzene rings is 4. The van der Waals surface area contributed by atoms with Crippen molar-refractivity contribution >= 4 is 57.4 Å². The highest BCUT2D eigenvalue weighted by Gasteiger charge is 2.08. The average Bonchev–Trinajstić information content (AvgIpc) is 2.83. The molecule has 2 amide bonds. The van der Waals surface area contributed by atoms with Gasteiger partial charge >= 0.3 is 0 Å². The van der Waals surface area contributed by atoms with Crippen LogP contribution in [0.1, 0.15) is 21.5 Å². The second-order valence-electron chi connectivity index (χ2n) is 7.75. The second-order valence-corrected chi connectivity index (χ2v) is 8.16. The Balaban J connectivity index is 1.36. The number of thiocarbonyl (C=S) groups is 1. The van der Waals surface area contributed by atoms with E-state index in [-0.39, 0.29) is 16.9 Å². The van der Waals surface area contributed by atoms with E-state index in [2.05, 4.69) is 16.0 Å². The molecule has 4 rings (SSSR count). The van der Waals surface area contributed by atoms with Gasteiger partial charge in [0.05, 0.1) is 0 Å². The number of anilines is 2. The van der Waals surface area contributed by atoms with Crippen LogP contribution in [0.2, 0.25) is 0 Å². The fraction of sp³-hybridized carbons (Fsp3) is 0.0357. The van der Waals surface area contributed by atoms with Crippen LogP contribution >= 0.6 is 12.2 Å². The second kappa shape index (κ2) is 10.6. The van der Waals surface area contributed by atoms with Crippen LogP contribution in [0, 0.1) is 6.92 Å². The van der Waals surface area contributed by atoms with E-state index in [1.54, 1.807) is 30.3 Å². The van der Waals surface area contributed by atoms with Crippen LogP contribution in [0.25, 0.3) is 16.8 Å². The van der Waals surface area contributed by atoms with Gasteiger partial charge in [-0.15, -0.1) is 0 Å². The Morgan fingerprint density at radius 3 is 2.32 bits per heavy atom. The van der Waals surface area contributed by atoms with Crippen molar-refractivity contribution in [2.75, 3.05) is 10.6 Å². The van der Waals surface area contributed by atoms with E-state index in [4.69, 9.17) is 12.2 Å². The molecule has 0 spiro atoms. The molecule has 0 aromatic heterocycles. The number of rotatable bonds is 5. The molecule has 5 nitrogen and oxygen atoms in total. The summed E-state index contributed by atoms with van der Waals surface area (Å²) >= 11 is 5.27. The topological polar surface area (TPSA) is 70.2 Å². The summed E-state index contributed by atoms with van der Waals surface area (Å²) in [6.45, 7) is 1.96. The zero-order valence-corrected chi connectivity index (χ0v) is 19.4. The maximum atomic E-state index is 12.6. The van der Waals surface area contributed by atoms with E-state index in [0.717, 1.165) is 27.6 Å². The van der Waals surface area contributed by atoms with Gasteiger partial charge in [-0.1, -0.05) is 60.7 Å². The summed E-state index contributed by atoms with van der Waals surface area (Å²) in [5.74, 6) is -0.582. The number of hydrogen-bond donors (Lipinski definition) is 3. The quantitative estimate of drug-likeness (QED) is 0.252. The number of hydrogen-bond acceptors (Lipinski definition) is 3. The minimum Gasteiger partial charge on any atom is -0.332 e. The lowest BCUT2D eigenvalue weighted by Crippen LogP contribution is -2.32. The molecular weight excluding hydrogens is 442 g/mol. The zero-order valence-electron chi connectivity index (χ0n) is 18.5. The molecular formula is C28H23N3O2S. The Kier molecular flexibility index (Phi) is 7.10. The minimum absolute atomic E-state index is 0.142. The van der Waals surface area contributed by atoms with Gasteiger partial charge in [-0.05, 0) is 77.4 Å². The van der Waals surface area contributed by atoms with Crippen LogP contribution in [0.5, 0.6) is 0 Å². The van der Waals surface area contributed by atoms with Gasteiger partial charge < -0.3 is 10.6 Å². The fourth-order valence-corrected chi connectivity index (χ4v) is 3.76. The summed E-state index contributed by atoms with van der Waals surface area (Å²) in [6, 6.07) is 28.4. The lowest BCUT2D eigenvalue weighted by atomic mass is 10.0. The molecule has 0 aliphatic rings. The summed E-state index contributed by atoms with van der Waals surface area (Å²) in [4.78, 5) is 25.0. The molecule has 34 heavy (non-hydrogen) atoms. The van der Waals surface area contributed by atoms with Crippen molar-refractivity contribution in [1.82, 2.24) is 5.32 Å². The Morgan fingerprint density at radius 1 is 0.794 bits per heavy atom. The van der Waals surface area contributed by atoms with Gasteiger partial charge in [0.25, 0.3) is 5.91 Å². The number of fused-ring (bicyclic) bond motifs is 1. The summed E-state index contributed by atoms with van der Waals surface area (Å²) in [5.41, 5.74) is 3.80. The summed E-state index contributed by atoms with van der Waals surface area (Å²) in [6.07, 6.45) is 3.21. The van der Waals surface area contributed by atoms with Crippen molar-refractivity contribution in [3.8, 4) is 0 Å². The van der Waals surface area contributed by atoms with E-state index in [9.17, 15) is 9.59 Å². The molecule has 4 aromatic rings. The minimum atomic E-state index is -0.348. The van der Waals surface area contributed by atoms with E-state index < -0.39 is 0 Å². The van der Waals surface area contributed by atoms with Crippen LogP contribution in [0.3, 0.4) is 0 Å². The lowest BCUT2D eigenvalue weighted by Gasteiger charge is -2.10. The normalized spacial score (nSPS) is 10.7. The SMILES string of the molecule is Cc1cccc(NC(=O)c2cccc(NC(=S)NC(=O)/C=C/c3cccc4ccccc34)c2)c1. The summed E-state index contributed by atoms with van der Waals surface area (Å²) in [7, 11) is 0. The third kappa shape index (κ3) is 5.94. The lowest BCUT2D eigenvalue weighted by molar-refractivity contribution is -0.115. The Labute approximate surface area is 203 Å². The first kappa shape index (κ1) is 22.9. The maximum Gasteiger partial charge on any atom is 0.255 e. The molecule has 0 saturated heterocycles. The highest BCUT2D eigenvalue weighted by atomic mass is 32.1. The average molecular weight is 466 g/mol. The molecule has 0 atom stereocenters. The monoisotopic (exact) mass is 465 g/mol. The highest BCUT2D eigenvalue weighted by molar-refractivity contribution is 7.80. The predicted octanol–water partition coefficient (Wildman–Crippen LogP) is 5.93. The van der Waals surface area contributed by atoms with Crippen molar-refractivity contribution in [2.24, 2.45) is 0 Å². The summed E-state index contributed by atoms with van der Waals surface area (Å²) < 4.78 is 0. The van der Waals surface area contributed by atoms with Crippen LogP contribution in [-0.4, -0.2) is 16.9 Å². The first-order valence-corrected chi connectivity index (χ1v) is 11.1. The van der Waals surface area contributed by atoms with Gasteiger partial charge in [-0.25, -0.2) is 0 Å². The van der Waals surface area contributed by atoms with E-state index in [0.29, 0.717) is 11.3 Å². The Morgan fingerprint density at radius 2 is 1.50 bits per heavy atom. The molecule has 3 N–H and O–H groups in total. The van der Waals surface area contributed by atoms with Crippen LogP contribution < -0.4 is 16.0 Å². The highest BCUT2D eigenvalue weighted by Crippen LogP contribution is 2.19. The van der Waals surface area contributed by atoms with E-state index in [1.807, 2.05) is 73.7 Å². The zero-order chi connectivity index (χ0) is 23.9. The van der Waals surface area contributed by atoms with Gasteiger partial charge in [0.2, 0.25) is 5.91 Å². The Bertz CT molecular complexity index is 1410. The van der Waals surface area contributed by atoms with Crippen molar-refractivity contribution < 1.29 is 9.59 Å². The number of carbonyl (C=O) groups is 2. The molecule has 0 heterocycles. The van der Waals surface area contributed by atoms with E-state index >= 15 is 0 Å². The van der Waals surface area contributed by atoms with Crippen molar-refractivity contribution in [2.45, 2.75) is 6.92 Å². The van der Waals surface area contributed by atoms with Gasteiger partial charge in [-0.3, -0.25) is 14.9 Å². The molecule has 0 fully saturated rings. The summed E-state index contributed by atoms with van der Waals surface area (Å²) in [5, 5.41) is 10.8. The fourth-order valence-electron chi connectivity index (χ4n) is 3.54. The van der Waals surface area contributed by atoms with Crippen LogP contribution in [0.4, 0.5) is 11.4 Å². The molecule has 168 valence electrons. The standard InChI is InChI=1S/C28H23N3O2S/c1-19-7-4-12-23(17-19)29-27(33)22-11-6-13-24(18-22)30-28(34)31-26(32)16-15-21-10-5-9-20-8-2-3-14-25(20)21/h2-18H,1H3,(H,29,33)(H2,30,31,32,34)/b16-15+. The molecule has 0 unspecified atom stereocenters. The molecule has 0 aliphatic carbocycles. The van der Waals surface area contributed by atoms with Crippen molar-refractivity contribution in [3.63, 3.8) is 0 Å². The first-order valence-electron chi connectivity index (χ1n) is 10.7. The van der Waals surface area contributed by atoms with Crippen LogP contribution in [-0.2, 0) is 4.79 Å². The molecule has 0 radical (unpaired) electrons. The molecule has 0 aliphatic heterocycles. The number of aryl methyl sites for hydroxylation is 1. The van der Waals surface area contributed by atoms with Crippen molar-refractivity contribution in [3.05, 3.63) is 114 Å². The van der Waals surface area contributed by atoms with Crippen LogP contribution in [0.15, 0.2) is 97.1 Å². The maximum absolute atomic E-state index is 12.6. The number of carbonyl (C=O) groups excluding carboxylic acids is 2. The first-order chi connectivity index (χ1) is 16.5. The third-order valence-electron chi connectivity index (χ3n) is 5.13. The van der Waals surface area contributed by atoms with Gasteiger partial charge in [0.1, 0.15) is 0 Å². The molecule has 0 saturated carbocycles. The van der Waals surface area contributed by atoms with Crippen molar-refractivity contribution in [1.29, 1.82) is 0 Å². The van der Waals surface area contributed by atoms with Gasteiger partial charge in [-0.2, -0.15) is 0 Å². The van der Waals surface area contributed by atoms with Gasteiger partial charge in [0, 0.05) is 23.0 Å². The molecule has 0 bridgehead atoms. The van der Waals surface area contributed by atoms with Gasteiger partial charge in [0.15, 0.2) is 5.11 Å². The molecule has 6 heteroatoms.